The number of H-pyrrole nitrogens is 2. The monoisotopic (exact) mass is 494 g/mol. The Bertz CT molecular complexity index is 1710. The zero-order valence-corrected chi connectivity index (χ0v) is 20.2. The Kier molecular flexibility index (Phi) is 5.78. The zero-order chi connectivity index (χ0) is 25.4. The second kappa shape index (κ2) is 9.40. The fraction of sp³-hybridized carbons (Fsp3) is 0.148. The van der Waals surface area contributed by atoms with Crippen LogP contribution in [0.2, 0.25) is 0 Å². The lowest BCUT2D eigenvalue weighted by Gasteiger charge is -2.12. The lowest BCUT2D eigenvalue weighted by Crippen LogP contribution is -2.19. The van der Waals surface area contributed by atoms with Crippen LogP contribution in [0, 0.1) is 5.82 Å². The average molecular weight is 495 g/mol. The van der Waals surface area contributed by atoms with Crippen LogP contribution in [-0.2, 0) is 0 Å². The third kappa shape index (κ3) is 4.50. The molecule has 2 N–H and O–H groups in total. The van der Waals surface area contributed by atoms with Crippen LogP contribution in [0.15, 0.2) is 67.5 Å². The molecule has 9 nitrogen and oxygen atoms in total. The van der Waals surface area contributed by atoms with Crippen LogP contribution in [0.5, 0.6) is 5.75 Å². The number of hydrogen-bond acceptors (Lipinski definition) is 7. The normalized spacial score (nSPS) is 11.6. The maximum atomic E-state index is 14.5. The van der Waals surface area contributed by atoms with Gasteiger partial charge < -0.3 is 14.6 Å². The molecule has 0 fully saturated rings. The summed E-state index contributed by atoms with van der Waals surface area (Å²) in [5.41, 5.74) is 6.06. The largest absolute Gasteiger partial charge is 0.492 e. The molecule has 0 saturated heterocycles. The van der Waals surface area contributed by atoms with Gasteiger partial charge in [0.15, 0.2) is 0 Å². The van der Waals surface area contributed by atoms with Crippen LogP contribution >= 0.6 is 0 Å². The number of rotatable bonds is 7. The van der Waals surface area contributed by atoms with Gasteiger partial charge in [-0.15, -0.1) is 0 Å². The number of nitrogens with one attached hydrogen (secondary N) is 2. The number of aromatic nitrogens is 7. The molecule has 0 unspecified atom stereocenters. The van der Waals surface area contributed by atoms with E-state index in [2.05, 4.69) is 35.1 Å². The molecule has 5 heterocycles. The molecule has 6 aromatic rings. The topological polar surface area (TPSA) is 108 Å². The van der Waals surface area contributed by atoms with Gasteiger partial charge in [-0.25, -0.2) is 14.4 Å². The number of ether oxygens (including phenoxy) is 1. The second-order valence-corrected chi connectivity index (χ2v) is 8.95. The summed E-state index contributed by atoms with van der Waals surface area (Å²) in [7, 11) is 3.93. The van der Waals surface area contributed by atoms with E-state index in [9.17, 15) is 4.39 Å². The van der Waals surface area contributed by atoms with Gasteiger partial charge in [-0.1, -0.05) is 0 Å². The number of halogens is 1. The van der Waals surface area contributed by atoms with Gasteiger partial charge in [0.2, 0.25) is 0 Å². The van der Waals surface area contributed by atoms with E-state index in [1.807, 2.05) is 43.3 Å². The minimum atomic E-state index is -0.380. The van der Waals surface area contributed by atoms with Gasteiger partial charge in [-0.2, -0.15) is 5.10 Å². The number of nitrogens with zero attached hydrogens (tertiary/aromatic N) is 6. The van der Waals surface area contributed by atoms with Crippen molar-refractivity contribution in [3.63, 3.8) is 0 Å². The molecule has 0 bridgehead atoms. The van der Waals surface area contributed by atoms with Gasteiger partial charge in [0.25, 0.3) is 0 Å². The minimum Gasteiger partial charge on any atom is -0.492 e. The minimum absolute atomic E-state index is 0.380. The van der Waals surface area contributed by atoms with E-state index in [1.54, 1.807) is 24.8 Å². The summed E-state index contributed by atoms with van der Waals surface area (Å²) >= 11 is 0. The Hall–Kier alpha value is -4.70. The predicted molar refractivity (Wildman–Crippen MR) is 139 cm³/mol. The van der Waals surface area contributed by atoms with Crippen molar-refractivity contribution in [2.24, 2.45) is 0 Å². The van der Waals surface area contributed by atoms with Crippen molar-refractivity contribution in [1.29, 1.82) is 0 Å². The van der Waals surface area contributed by atoms with Crippen molar-refractivity contribution in [2.45, 2.75) is 0 Å². The molecular formula is C27H23FN8O. The number of hydrogen-bond donors (Lipinski definition) is 2. The van der Waals surface area contributed by atoms with Crippen LogP contribution in [0.4, 0.5) is 4.39 Å². The highest BCUT2D eigenvalue weighted by molar-refractivity contribution is 6.00. The lowest BCUT2D eigenvalue weighted by molar-refractivity contribution is 0.260. The molecule has 0 saturated carbocycles. The third-order valence-electron chi connectivity index (χ3n) is 6.06. The molecule has 0 radical (unpaired) electrons. The van der Waals surface area contributed by atoms with Crippen molar-refractivity contribution < 1.29 is 9.13 Å². The van der Waals surface area contributed by atoms with E-state index in [0.29, 0.717) is 23.6 Å². The van der Waals surface area contributed by atoms with E-state index in [4.69, 9.17) is 4.74 Å². The molecule has 0 atom stereocenters. The molecule has 37 heavy (non-hydrogen) atoms. The summed E-state index contributed by atoms with van der Waals surface area (Å²) in [6.45, 7) is 1.19. The Morgan fingerprint density at radius 1 is 0.892 bits per heavy atom. The summed E-state index contributed by atoms with van der Waals surface area (Å²) in [6.07, 6.45) is 8.38. The number of aromatic amines is 2. The number of likely N-dealkylation sites (N-methyl/N-ethyl adjacent to an activating group) is 1. The number of pyridine rings is 2. The van der Waals surface area contributed by atoms with Gasteiger partial charge in [0.05, 0.1) is 28.8 Å². The maximum Gasteiger partial charge on any atom is 0.127 e. The Morgan fingerprint density at radius 3 is 2.57 bits per heavy atom. The van der Waals surface area contributed by atoms with Crippen LogP contribution in [-0.4, -0.2) is 67.3 Å². The summed E-state index contributed by atoms with van der Waals surface area (Å²) in [6, 6.07) is 10.5. The number of fused-ring (bicyclic) bond motifs is 2. The summed E-state index contributed by atoms with van der Waals surface area (Å²) in [5.74, 6) is 0.0877. The predicted octanol–water partition coefficient (Wildman–Crippen LogP) is 4.70. The van der Waals surface area contributed by atoms with Gasteiger partial charge in [0.1, 0.15) is 30.2 Å². The van der Waals surface area contributed by atoms with E-state index in [0.717, 1.165) is 51.0 Å². The molecular weight excluding hydrogens is 471 g/mol. The van der Waals surface area contributed by atoms with Crippen molar-refractivity contribution in [1.82, 2.24) is 40.0 Å². The first-order valence-corrected chi connectivity index (χ1v) is 11.7. The summed E-state index contributed by atoms with van der Waals surface area (Å²) < 4.78 is 20.3. The molecule has 6 rings (SSSR count). The van der Waals surface area contributed by atoms with Gasteiger partial charge >= 0.3 is 0 Å². The fourth-order valence-corrected chi connectivity index (χ4v) is 4.25. The van der Waals surface area contributed by atoms with E-state index >= 15 is 0 Å². The van der Waals surface area contributed by atoms with Crippen LogP contribution in [0.1, 0.15) is 0 Å². The Balaban J connectivity index is 1.41. The Labute approximate surface area is 211 Å². The molecule has 5 aromatic heterocycles. The standard InChI is InChI=1S/C27H23FN8O/c1-36(2)5-6-37-19-8-16(7-18(28)9-19)26-20-11-24(33-22(20)3-4-31-26)27-21-10-23(17-12-29-15-30-13-17)32-14-25(21)34-35-27/h3-4,7-15,33H,5-6H2,1-2H3,(H,34,35). The first-order chi connectivity index (χ1) is 18.0. The number of benzene rings is 1. The molecule has 184 valence electrons. The highest BCUT2D eigenvalue weighted by Crippen LogP contribution is 2.35. The quantitative estimate of drug-likeness (QED) is 0.331. The first kappa shape index (κ1) is 22.7. The van der Waals surface area contributed by atoms with Crippen molar-refractivity contribution >= 4 is 21.8 Å². The van der Waals surface area contributed by atoms with Crippen molar-refractivity contribution in [3.05, 3.63) is 73.3 Å². The first-order valence-electron chi connectivity index (χ1n) is 11.7. The highest BCUT2D eigenvalue weighted by atomic mass is 19.1. The van der Waals surface area contributed by atoms with Crippen molar-refractivity contribution in [2.75, 3.05) is 27.2 Å². The smallest absolute Gasteiger partial charge is 0.127 e. The summed E-state index contributed by atoms with van der Waals surface area (Å²) in [4.78, 5) is 22.7. The highest BCUT2D eigenvalue weighted by Gasteiger charge is 2.16. The van der Waals surface area contributed by atoms with E-state index in [-0.39, 0.29) is 5.82 Å². The molecule has 0 aliphatic rings. The molecule has 0 aliphatic heterocycles. The summed E-state index contributed by atoms with van der Waals surface area (Å²) in [5, 5.41) is 9.34. The Morgan fingerprint density at radius 2 is 1.73 bits per heavy atom. The lowest BCUT2D eigenvalue weighted by atomic mass is 10.1. The van der Waals surface area contributed by atoms with Gasteiger partial charge in [-0.3, -0.25) is 15.1 Å². The fourth-order valence-electron chi connectivity index (χ4n) is 4.25. The second-order valence-electron chi connectivity index (χ2n) is 8.95. The molecule has 10 heteroatoms. The van der Waals surface area contributed by atoms with Crippen molar-refractivity contribution in [3.8, 4) is 39.7 Å². The molecule has 1 aromatic carbocycles. The average Bonchev–Trinajstić information content (AvgIpc) is 3.52. The van der Waals surface area contributed by atoms with Crippen LogP contribution in [0.3, 0.4) is 0 Å². The zero-order valence-electron chi connectivity index (χ0n) is 20.2. The SMILES string of the molecule is CN(C)CCOc1cc(F)cc(-c2nccc3[nH]c(-c4n[nH]c5cnc(-c6cncnc6)cc45)cc23)c1. The van der Waals surface area contributed by atoms with E-state index in [1.165, 1.54) is 18.5 Å². The third-order valence-corrected chi connectivity index (χ3v) is 6.06. The molecule has 0 aliphatic carbocycles. The van der Waals surface area contributed by atoms with Crippen LogP contribution < -0.4 is 4.74 Å². The molecule has 0 amide bonds. The van der Waals surface area contributed by atoms with Gasteiger partial charge in [0, 0.05) is 58.6 Å². The molecule has 0 spiro atoms. The van der Waals surface area contributed by atoms with E-state index < -0.39 is 0 Å². The van der Waals surface area contributed by atoms with Gasteiger partial charge in [-0.05, 0) is 44.4 Å². The maximum absolute atomic E-state index is 14.5. The van der Waals surface area contributed by atoms with Crippen LogP contribution in [0.25, 0.3) is 55.7 Å².